The average Bonchev–Trinajstić information content (AvgIpc) is 2.72. The molecule has 3 nitrogen and oxygen atoms in total. The van der Waals surface area contributed by atoms with E-state index in [0.717, 1.165) is 26.2 Å². The molecule has 1 radical (unpaired) electrons. The van der Waals surface area contributed by atoms with Gasteiger partial charge in [0, 0.05) is 59.9 Å². The molecule has 2 aromatic carbocycles. The summed E-state index contributed by atoms with van der Waals surface area (Å²) in [6.45, 7) is 22.0. The number of para-hydroxylation sites is 2. The Hall–Kier alpha value is -0.680. The molecule has 0 aliphatic carbocycles. The first kappa shape index (κ1) is 35.5. The van der Waals surface area contributed by atoms with E-state index in [1.54, 1.807) is 0 Å². The fourth-order valence-corrected chi connectivity index (χ4v) is 4.19. The number of hydrogen-bond acceptors (Lipinski definition) is 3. The molecule has 6 heteroatoms. The standard InChI is InChI=1S/C28H45N3.Ag.2ClH/c1-19(2)23-11-9-12-24(20(3)4)27(23)30-17-15-29-16-18-31-28-25(21(5)6)13-10-14-26(28)22(7)8;;;/h9-14,19-22,29-31H,15-18H2,1-8H3;;2*1H/p-2. The van der Waals surface area contributed by atoms with Crippen molar-refractivity contribution in [2.45, 2.75) is 79.1 Å². The van der Waals surface area contributed by atoms with Crippen LogP contribution in [0.15, 0.2) is 36.4 Å². The number of rotatable bonds is 12. The van der Waals surface area contributed by atoms with Crippen molar-refractivity contribution < 1.29 is 47.2 Å². The molecule has 0 unspecified atom stereocenters. The number of anilines is 2. The van der Waals surface area contributed by atoms with E-state index in [9.17, 15) is 0 Å². The molecule has 2 rings (SSSR count). The fourth-order valence-electron chi connectivity index (χ4n) is 4.19. The van der Waals surface area contributed by atoms with E-state index >= 15 is 0 Å². The Morgan fingerprint density at radius 3 is 1.00 bits per heavy atom. The second-order valence-corrected chi connectivity index (χ2v) is 9.85. The smallest absolute Gasteiger partial charge is 0.0410 e. The summed E-state index contributed by atoms with van der Waals surface area (Å²) in [5, 5.41) is 11.0. The van der Waals surface area contributed by atoms with Crippen molar-refractivity contribution in [3.63, 3.8) is 0 Å². The van der Waals surface area contributed by atoms with Crippen molar-refractivity contribution in [3.05, 3.63) is 58.7 Å². The van der Waals surface area contributed by atoms with Gasteiger partial charge >= 0.3 is 0 Å². The Kier molecular flexibility index (Phi) is 18.5. The molecule has 0 aromatic heterocycles. The minimum absolute atomic E-state index is 0. The number of hydrogen-bond donors (Lipinski definition) is 3. The molecular formula is C28H45AgCl2N3-2. The van der Waals surface area contributed by atoms with Gasteiger partial charge in [0.05, 0.1) is 0 Å². The van der Waals surface area contributed by atoms with Crippen molar-refractivity contribution in [1.82, 2.24) is 5.32 Å². The van der Waals surface area contributed by atoms with Crippen molar-refractivity contribution in [1.29, 1.82) is 0 Å². The zero-order valence-corrected chi connectivity index (χ0v) is 25.2. The average molecular weight is 602 g/mol. The summed E-state index contributed by atoms with van der Waals surface area (Å²) in [5.74, 6) is 2.09. The van der Waals surface area contributed by atoms with Crippen LogP contribution >= 0.6 is 0 Å². The van der Waals surface area contributed by atoms with Crippen LogP contribution in [0.4, 0.5) is 11.4 Å². The van der Waals surface area contributed by atoms with Gasteiger partial charge in [-0.15, -0.1) is 0 Å². The molecule has 0 saturated carbocycles. The van der Waals surface area contributed by atoms with E-state index in [-0.39, 0.29) is 47.2 Å². The maximum atomic E-state index is 3.72. The summed E-state index contributed by atoms with van der Waals surface area (Å²) in [4.78, 5) is 0. The van der Waals surface area contributed by atoms with Crippen LogP contribution in [0.5, 0.6) is 0 Å². The van der Waals surface area contributed by atoms with Gasteiger partial charge in [-0.05, 0) is 45.9 Å². The van der Waals surface area contributed by atoms with Gasteiger partial charge in [0.15, 0.2) is 0 Å². The van der Waals surface area contributed by atoms with Gasteiger partial charge in [0.2, 0.25) is 0 Å². The topological polar surface area (TPSA) is 36.1 Å². The van der Waals surface area contributed by atoms with E-state index < -0.39 is 0 Å². The second kappa shape index (κ2) is 17.7. The van der Waals surface area contributed by atoms with E-state index in [1.807, 2.05) is 0 Å². The zero-order valence-electron chi connectivity index (χ0n) is 22.2. The molecule has 0 fully saturated rings. The molecule has 0 atom stereocenters. The molecule has 199 valence electrons. The molecule has 0 aliphatic heterocycles. The van der Waals surface area contributed by atoms with Crippen LogP contribution in [-0.2, 0) is 22.4 Å². The Morgan fingerprint density at radius 1 is 0.500 bits per heavy atom. The first-order valence-electron chi connectivity index (χ1n) is 12.2. The van der Waals surface area contributed by atoms with Crippen molar-refractivity contribution in [2.24, 2.45) is 0 Å². The van der Waals surface area contributed by atoms with Crippen LogP contribution in [0.1, 0.15) is 101 Å². The third-order valence-electron chi connectivity index (χ3n) is 5.95. The van der Waals surface area contributed by atoms with E-state index in [1.165, 1.54) is 33.6 Å². The Morgan fingerprint density at radius 2 is 0.765 bits per heavy atom. The van der Waals surface area contributed by atoms with Gasteiger partial charge in [0.1, 0.15) is 0 Å². The monoisotopic (exact) mass is 600 g/mol. The summed E-state index contributed by atoms with van der Waals surface area (Å²) in [5.41, 5.74) is 8.33. The maximum Gasteiger partial charge on any atom is 0.0410 e. The van der Waals surface area contributed by atoms with E-state index in [0.29, 0.717) is 23.7 Å². The Balaban J connectivity index is 0. The molecule has 0 heterocycles. The van der Waals surface area contributed by atoms with Crippen molar-refractivity contribution in [3.8, 4) is 0 Å². The minimum Gasteiger partial charge on any atom is -1.00 e. The van der Waals surface area contributed by atoms with Crippen LogP contribution in [0.25, 0.3) is 0 Å². The SMILES string of the molecule is CC(C)c1cccc(C(C)C)c1NCCNCCNc1c(C(C)C)cccc1C(C)C.[Ag].[Cl-].[Cl-]. The molecule has 0 bridgehead atoms. The summed E-state index contributed by atoms with van der Waals surface area (Å²) in [6, 6.07) is 13.4. The van der Waals surface area contributed by atoms with Crippen LogP contribution in [-0.4, -0.2) is 26.2 Å². The molecular weight excluding hydrogens is 557 g/mol. The Labute approximate surface area is 237 Å². The van der Waals surface area contributed by atoms with Gasteiger partial charge < -0.3 is 40.8 Å². The summed E-state index contributed by atoms with van der Waals surface area (Å²) in [6.07, 6.45) is 0. The van der Waals surface area contributed by atoms with E-state index in [2.05, 4.69) is 108 Å². The molecule has 0 saturated heterocycles. The van der Waals surface area contributed by atoms with Crippen LogP contribution in [0.2, 0.25) is 0 Å². The number of nitrogens with one attached hydrogen (secondary N) is 3. The maximum absolute atomic E-state index is 3.72. The van der Waals surface area contributed by atoms with Gasteiger partial charge in [-0.1, -0.05) is 91.8 Å². The first-order chi connectivity index (χ1) is 14.7. The summed E-state index contributed by atoms with van der Waals surface area (Å²) in [7, 11) is 0. The van der Waals surface area contributed by atoms with Crippen LogP contribution < -0.4 is 40.8 Å². The second-order valence-electron chi connectivity index (χ2n) is 9.85. The van der Waals surface area contributed by atoms with Crippen molar-refractivity contribution >= 4 is 11.4 Å². The Bertz CT molecular complexity index is 703. The molecule has 3 N–H and O–H groups in total. The quantitative estimate of drug-likeness (QED) is 0.254. The van der Waals surface area contributed by atoms with Gasteiger partial charge in [-0.2, -0.15) is 0 Å². The minimum atomic E-state index is 0. The number of benzene rings is 2. The third kappa shape index (κ3) is 10.1. The predicted octanol–water partition coefficient (Wildman–Crippen LogP) is 1.30. The predicted molar refractivity (Wildman–Crippen MR) is 139 cm³/mol. The van der Waals surface area contributed by atoms with Crippen molar-refractivity contribution in [2.75, 3.05) is 36.8 Å². The fraction of sp³-hybridized carbons (Fsp3) is 0.571. The summed E-state index contributed by atoms with van der Waals surface area (Å²) < 4.78 is 0. The number of halogens is 2. The summed E-state index contributed by atoms with van der Waals surface area (Å²) >= 11 is 0. The zero-order chi connectivity index (χ0) is 23.0. The van der Waals surface area contributed by atoms with E-state index in [4.69, 9.17) is 0 Å². The van der Waals surface area contributed by atoms with Gasteiger partial charge in [0.25, 0.3) is 0 Å². The first-order valence-corrected chi connectivity index (χ1v) is 12.2. The molecule has 2 aromatic rings. The van der Waals surface area contributed by atoms with Crippen LogP contribution in [0.3, 0.4) is 0 Å². The molecule has 0 spiro atoms. The molecule has 34 heavy (non-hydrogen) atoms. The molecule has 0 amide bonds. The molecule has 0 aliphatic rings. The normalized spacial score (nSPS) is 10.7. The van der Waals surface area contributed by atoms with Gasteiger partial charge in [-0.3, -0.25) is 0 Å². The largest absolute Gasteiger partial charge is 1.00 e. The third-order valence-corrected chi connectivity index (χ3v) is 5.95. The van der Waals surface area contributed by atoms with Gasteiger partial charge in [-0.25, -0.2) is 0 Å². The van der Waals surface area contributed by atoms with Crippen LogP contribution in [0, 0.1) is 0 Å².